The van der Waals surface area contributed by atoms with Crippen LogP contribution < -0.4 is 10.7 Å². The summed E-state index contributed by atoms with van der Waals surface area (Å²) in [5, 5.41) is 12.9. The summed E-state index contributed by atoms with van der Waals surface area (Å²) in [5.41, 5.74) is 4.49. The molecule has 23 heavy (non-hydrogen) atoms. The minimum atomic E-state index is -0.237. The highest BCUT2D eigenvalue weighted by Gasteiger charge is 2.12. The van der Waals surface area contributed by atoms with E-state index in [1.165, 1.54) is 0 Å². The molecule has 3 rings (SSSR count). The Morgan fingerprint density at radius 3 is 2.57 bits per heavy atom. The number of morpholine rings is 1. The van der Waals surface area contributed by atoms with Crippen molar-refractivity contribution in [2.45, 2.75) is 6.54 Å². The van der Waals surface area contributed by atoms with E-state index in [2.05, 4.69) is 20.9 Å². The van der Waals surface area contributed by atoms with Crippen molar-refractivity contribution < 1.29 is 9.53 Å². The van der Waals surface area contributed by atoms with Crippen molar-refractivity contribution in [1.82, 2.24) is 20.5 Å². The summed E-state index contributed by atoms with van der Waals surface area (Å²) in [4.78, 5) is 12.1. The summed E-state index contributed by atoms with van der Waals surface area (Å²) < 4.78 is 5.28. The zero-order valence-corrected chi connectivity index (χ0v) is 12.7. The number of benzene rings is 1. The fourth-order valence-electron chi connectivity index (χ4n) is 2.22. The minimum absolute atomic E-state index is 0.237. The molecule has 120 valence electrons. The smallest absolute Gasteiger partial charge is 0.272 e. The van der Waals surface area contributed by atoms with Crippen LogP contribution in [-0.2, 0) is 11.3 Å². The summed E-state index contributed by atoms with van der Waals surface area (Å²) in [5.74, 6) is 0.380. The largest absolute Gasteiger partial charge is 0.379 e. The van der Waals surface area contributed by atoms with Crippen molar-refractivity contribution in [2.75, 3.05) is 31.7 Å². The Morgan fingerprint density at radius 1 is 1.09 bits per heavy atom. The second-order valence-corrected chi connectivity index (χ2v) is 5.18. The number of hydrogen-bond donors (Lipinski definition) is 2. The van der Waals surface area contributed by atoms with Gasteiger partial charge in [0.1, 0.15) is 0 Å². The molecule has 1 aliphatic rings. The Bertz CT molecular complexity index is 627. The Hall–Kier alpha value is -2.51. The van der Waals surface area contributed by atoms with E-state index in [0.29, 0.717) is 31.3 Å². The molecule has 2 aromatic rings. The molecule has 0 aliphatic carbocycles. The lowest BCUT2D eigenvalue weighted by Gasteiger charge is -2.27. The summed E-state index contributed by atoms with van der Waals surface area (Å²) in [6.07, 6.45) is 0. The molecule has 1 saturated heterocycles. The van der Waals surface area contributed by atoms with Gasteiger partial charge in [0.2, 0.25) is 0 Å². The molecule has 1 aromatic heterocycles. The lowest BCUT2D eigenvalue weighted by atomic mass is 10.2. The second-order valence-electron chi connectivity index (χ2n) is 5.18. The zero-order valence-electron chi connectivity index (χ0n) is 12.7. The molecule has 2 N–H and O–H groups in total. The molecular weight excluding hydrogens is 294 g/mol. The van der Waals surface area contributed by atoms with E-state index >= 15 is 0 Å². The van der Waals surface area contributed by atoms with E-state index in [4.69, 9.17) is 4.74 Å². The maximum Gasteiger partial charge on any atom is 0.272 e. The van der Waals surface area contributed by atoms with E-state index < -0.39 is 0 Å². The second kappa shape index (κ2) is 7.66. The van der Waals surface area contributed by atoms with Crippen LogP contribution in [0.15, 0.2) is 42.5 Å². The van der Waals surface area contributed by atoms with Crippen molar-refractivity contribution in [2.24, 2.45) is 0 Å². The van der Waals surface area contributed by atoms with Gasteiger partial charge in [0.15, 0.2) is 11.5 Å². The van der Waals surface area contributed by atoms with Gasteiger partial charge < -0.3 is 15.5 Å². The molecule has 0 spiro atoms. The summed E-state index contributed by atoms with van der Waals surface area (Å²) >= 11 is 0. The third-order valence-electron chi connectivity index (χ3n) is 3.48. The van der Waals surface area contributed by atoms with Crippen LogP contribution in [0.3, 0.4) is 0 Å². The van der Waals surface area contributed by atoms with Crippen LogP contribution in [0.25, 0.3) is 0 Å². The first kappa shape index (κ1) is 15.4. The first-order valence-electron chi connectivity index (χ1n) is 7.56. The Kier molecular flexibility index (Phi) is 5.13. The van der Waals surface area contributed by atoms with Gasteiger partial charge >= 0.3 is 0 Å². The Balaban J connectivity index is 1.52. The van der Waals surface area contributed by atoms with E-state index in [0.717, 1.165) is 18.7 Å². The third-order valence-corrected chi connectivity index (χ3v) is 3.48. The van der Waals surface area contributed by atoms with Crippen LogP contribution in [0, 0.1) is 0 Å². The van der Waals surface area contributed by atoms with Crippen LogP contribution in [0.5, 0.6) is 0 Å². The molecule has 0 unspecified atom stereocenters. The van der Waals surface area contributed by atoms with Gasteiger partial charge in [0, 0.05) is 19.6 Å². The van der Waals surface area contributed by atoms with E-state index in [1.807, 2.05) is 35.3 Å². The molecule has 1 fully saturated rings. The highest BCUT2D eigenvalue weighted by atomic mass is 16.5. The minimum Gasteiger partial charge on any atom is -0.379 e. The normalized spacial score (nSPS) is 15.1. The van der Waals surface area contributed by atoms with Gasteiger partial charge in [-0.1, -0.05) is 30.3 Å². The average Bonchev–Trinajstić information content (AvgIpc) is 2.62. The first-order valence-corrected chi connectivity index (χ1v) is 7.56. The maximum absolute atomic E-state index is 12.1. The Labute approximate surface area is 134 Å². The molecule has 0 radical (unpaired) electrons. The van der Waals surface area contributed by atoms with Gasteiger partial charge in [-0.25, -0.2) is 5.01 Å². The van der Waals surface area contributed by atoms with Gasteiger partial charge in [0.25, 0.3) is 5.91 Å². The molecule has 0 saturated carbocycles. The first-order chi connectivity index (χ1) is 11.3. The number of carbonyl (C=O) groups excluding carboxylic acids is 1. The van der Waals surface area contributed by atoms with Crippen LogP contribution >= 0.6 is 0 Å². The number of hydrazine groups is 1. The van der Waals surface area contributed by atoms with Gasteiger partial charge in [-0.05, 0) is 17.7 Å². The van der Waals surface area contributed by atoms with Crippen molar-refractivity contribution in [3.63, 3.8) is 0 Å². The number of nitrogens with one attached hydrogen (secondary N) is 2. The number of anilines is 1. The Morgan fingerprint density at radius 2 is 1.87 bits per heavy atom. The molecule has 0 bridgehead atoms. The van der Waals surface area contributed by atoms with Crippen LogP contribution in [-0.4, -0.2) is 47.4 Å². The quantitative estimate of drug-likeness (QED) is 0.859. The van der Waals surface area contributed by atoms with E-state index in [9.17, 15) is 4.79 Å². The highest BCUT2D eigenvalue weighted by molar-refractivity contribution is 5.92. The molecule has 1 aliphatic heterocycles. The average molecular weight is 313 g/mol. The zero-order chi connectivity index (χ0) is 15.9. The predicted octanol–water partition coefficient (Wildman–Crippen LogP) is 1.07. The van der Waals surface area contributed by atoms with E-state index in [-0.39, 0.29) is 5.91 Å². The standard InChI is InChI=1S/C16H19N5O2/c22-16(17-12-13-4-2-1-3-5-13)14-6-7-15(19-18-14)20-21-8-10-23-11-9-21/h1-7H,8-12H2,(H,17,22)(H,19,20). The summed E-state index contributed by atoms with van der Waals surface area (Å²) in [6.45, 7) is 3.44. The molecular formula is C16H19N5O2. The van der Waals surface area contributed by atoms with Gasteiger partial charge in [-0.15, -0.1) is 10.2 Å². The van der Waals surface area contributed by atoms with Crippen molar-refractivity contribution in [3.05, 3.63) is 53.7 Å². The molecule has 0 atom stereocenters. The van der Waals surface area contributed by atoms with Crippen LogP contribution in [0.4, 0.5) is 5.82 Å². The fourth-order valence-corrected chi connectivity index (χ4v) is 2.22. The van der Waals surface area contributed by atoms with Crippen LogP contribution in [0.1, 0.15) is 16.1 Å². The SMILES string of the molecule is O=C(NCc1ccccc1)c1ccc(NN2CCOCC2)nn1. The predicted molar refractivity (Wildman–Crippen MR) is 85.7 cm³/mol. The molecule has 1 amide bonds. The fraction of sp³-hybridized carbons (Fsp3) is 0.312. The lowest BCUT2D eigenvalue weighted by molar-refractivity contribution is 0.0494. The molecule has 1 aromatic carbocycles. The lowest BCUT2D eigenvalue weighted by Crippen LogP contribution is -2.40. The number of carbonyl (C=O) groups is 1. The molecule has 2 heterocycles. The highest BCUT2D eigenvalue weighted by Crippen LogP contribution is 2.06. The van der Waals surface area contributed by atoms with Crippen molar-refractivity contribution in [1.29, 1.82) is 0 Å². The van der Waals surface area contributed by atoms with Crippen molar-refractivity contribution in [3.8, 4) is 0 Å². The maximum atomic E-state index is 12.1. The monoisotopic (exact) mass is 313 g/mol. The number of hydrogen-bond acceptors (Lipinski definition) is 6. The number of amides is 1. The van der Waals surface area contributed by atoms with Gasteiger partial charge in [-0.2, -0.15) is 0 Å². The topological polar surface area (TPSA) is 79.4 Å². The number of ether oxygens (including phenoxy) is 1. The van der Waals surface area contributed by atoms with Crippen molar-refractivity contribution >= 4 is 11.7 Å². The van der Waals surface area contributed by atoms with Gasteiger partial charge in [0.05, 0.1) is 13.2 Å². The van der Waals surface area contributed by atoms with E-state index in [1.54, 1.807) is 12.1 Å². The summed E-state index contributed by atoms with van der Waals surface area (Å²) in [7, 11) is 0. The number of nitrogens with zero attached hydrogens (tertiary/aromatic N) is 3. The number of aromatic nitrogens is 2. The summed E-state index contributed by atoms with van der Waals surface area (Å²) in [6, 6.07) is 13.1. The number of rotatable bonds is 5. The molecule has 7 nitrogen and oxygen atoms in total. The third kappa shape index (κ3) is 4.48. The molecule has 7 heteroatoms. The van der Waals surface area contributed by atoms with Gasteiger partial charge in [-0.3, -0.25) is 4.79 Å². The van der Waals surface area contributed by atoms with Crippen LogP contribution in [0.2, 0.25) is 0 Å².